The zero-order valence-corrected chi connectivity index (χ0v) is 12.1. The van der Waals surface area contributed by atoms with Gasteiger partial charge in [-0.2, -0.15) is 21.6 Å². The molecule has 0 radical (unpaired) electrons. The van der Waals surface area contributed by atoms with E-state index in [4.69, 9.17) is 4.74 Å². The molecule has 0 saturated heterocycles. The molecular weight excluding hydrogens is 289 g/mol. The number of alkyl halides is 3. The van der Waals surface area contributed by atoms with Crippen LogP contribution in [0.25, 0.3) is 0 Å². The van der Waals surface area contributed by atoms with Gasteiger partial charge in [-0.3, -0.25) is 0 Å². The number of hydrogen-bond donors (Lipinski definition) is 0. The van der Waals surface area contributed by atoms with Crippen molar-refractivity contribution in [1.29, 1.82) is 0 Å². The molecule has 1 atom stereocenters. The summed E-state index contributed by atoms with van der Waals surface area (Å²) >= 11 is 0. The first-order chi connectivity index (χ1) is 8.17. The molecule has 0 saturated carbocycles. The van der Waals surface area contributed by atoms with Crippen molar-refractivity contribution in [2.24, 2.45) is 5.92 Å². The van der Waals surface area contributed by atoms with E-state index in [1.54, 1.807) is 0 Å². The monoisotopic (exact) mass is 306 g/mol. The molecule has 5 nitrogen and oxygen atoms in total. The lowest BCUT2D eigenvalue weighted by molar-refractivity contribution is -0.166. The average molecular weight is 306 g/mol. The van der Waals surface area contributed by atoms with Crippen molar-refractivity contribution in [2.75, 3.05) is 0 Å². The number of rotatable bonds is 4. The Morgan fingerprint density at radius 1 is 1.11 bits per heavy atom. The predicted molar refractivity (Wildman–Crippen MR) is 60.5 cm³/mol. The third-order valence-electron chi connectivity index (χ3n) is 1.76. The molecule has 0 heterocycles. The van der Waals surface area contributed by atoms with E-state index >= 15 is 0 Å². The van der Waals surface area contributed by atoms with Gasteiger partial charge in [-0.15, -0.1) is 0 Å². The van der Waals surface area contributed by atoms with Crippen molar-refractivity contribution in [1.82, 2.24) is 0 Å². The van der Waals surface area contributed by atoms with Crippen LogP contribution in [0.15, 0.2) is 0 Å². The maximum absolute atomic E-state index is 12.2. The summed E-state index contributed by atoms with van der Waals surface area (Å²) in [7, 11) is -5.84. The largest absolute Gasteiger partial charge is 0.523 e. The van der Waals surface area contributed by atoms with Crippen LogP contribution in [-0.4, -0.2) is 31.6 Å². The van der Waals surface area contributed by atoms with E-state index in [9.17, 15) is 26.4 Å². The number of ether oxygens (including phenoxy) is 1. The Labute approximate surface area is 110 Å². The van der Waals surface area contributed by atoms with Gasteiger partial charge >= 0.3 is 21.6 Å². The fourth-order valence-corrected chi connectivity index (χ4v) is 1.66. The van der Waals surface area contributed by atoms with Crippen LogP contribution in [0.2, 0.25) is 0 Å². The van der Waals surface area contributed by atoms with Crippen molar-refractivity contribution in [3.8, 4) is 0 Å². The fraction of sp³-hybridized carbons (Fsp3) is 0.900. The van der Waals surface area contributed by atoms with E-state index in [0.717, 1.165) is 0 Å². The maximum atomic E-state index is 12.2. The zero-order valence-electron chi connectivity index (χ0n) is 11.2. The molecule has 0 bridgehead atoms. The first-order valence-corrected chi connectivity index (χ1v) is 6.80. The van der Waals surface area contributed by atoms with E-state index < -0.39 is 39.2 Å². The lowest BCUT2D eigenvalue weighted by Crippen LogP contribution is -2.40. The van der Waals surface area contributed by atoms with E-state index in [0.29, 0.717) is 0 Å². The molecule has 9 heteroatoms. The van der Waals surface area contributed by atoms with E-state index in [-0.39, 0.29) is 0 Å². The molecule has 19 heavy (non-hydrogen) atoms. The highest BCUT2D eigenvalue weighted by atomic mass is 32.2. The Balaban J connectivity index is 5.13. The Morgan fingerprint density at radius 2 is 1.53 bits per heavy atom. The van der Waals surface area contributed by atoms with Crippen LogP contribution < -0.4 is 0 Å². The van der Waals surface area contributed by atoms with Crippen LogP contribution in [0.4, 0.5) is 13.2 Å². The molecular formula is C10H17F3O5S. The molecule has 0 spiro atoms. The fourth-order valence-electron chi connectivity index (χ4n) is 0.973. The summed E-state index contributed by atoms with van der Waals surface area (Å²) in [5.74, 6) is -1.96. The second kappa shape index (κ2) is 5.66. The zero-order chi connectivity index (χ0) is 15.6. The Hall–Kier alpha value is -0.830. The van der Waals surface area contributed by atoms with Crippen LogP contribution >= 0.6 is 0 Å². The first kappa shape index (κ1) is 18.2. The van der Waals surface area contributed by atoms with Gasteiger partial charge in [0.1, 0.15) is 5.60 Å². The molecule has 0 amide bonds. The topological polar surface area (TPSA) is 69.7 Å². The first-order valence-electron chi connectivity index (χ1n) is 5.40. The molecule has 0 N–H and O–H groups in total. The minimum absolute atomic E-state index is 0.799. The number of carbonyl (C=O) groups excluding carboxylic acids is 1. The quantitative estimate of drug-likeness (QED) is 0.452. The third-order valence-corrected chi connectivity index (χ3v) is 2.79. The summed E-state index contributed by atoms with van der Waals surface area (Å²) in [5, 5.41) is 0. The second-order valence-corrected chi connectivity index (χ2v) is 6.76. The molecule has 0 aliphatic heterocycles. The molecule has 0 rings (SSSR count). The van der Waals surface area contributed by atoms with Crippen LogP contribution in [0.5, 0.6) is 0 Å². The predicted octanol–water partition coefficient (Wildman–Crippen LogP) is 2.22. The Kier molecular flexibility index (Phi) is 5.41. The molecule has 0 fully saturated rings. The van der Waals surface area contributed by atoms with Crippen LogP contribution in [0.3, 0.4) is 0 Å². The van der Waals surface area contributed by atoms with E-state index in [2.05, 4.69) is 4.18 Å². The van der Waals surface area contributed by atoms with Crippen molar-refractivity contribution < 1.29 is 35.3 Å². The highest BCUT2D eigenvalue weighted by Crippen LogP contribution is 2.28. The van der Waals surface area contributed by atoms with Gasteiger partial charge in [0.05, 0.1) is 0 Å². The minimum atomic E-state index is -5.84. The van der Waals surface area contributed by atoms with Gasteiger partial charge in [-0.1, -0.05) is 13.8 Å². The molecule has 0 aliphatic carbocycles. The van der Waals surface area contributed by atoms with Gasteiger partial charge in [-0.05, 0) is 26.7 Å². The summed E-state index contributed by atoms with van der Waals surface area (Å²) in [6.07, 6.45) is -1.84. The average Bonchev–Trinajstić information content (AvgIpc) is 2.08. The van der Waals surface area contributed by atoms with Crippen LogP contribution in [0, 0.1) is 5.92 Å². The molecule has 0 aliphatic rings. The molecule has 114 valence electrons. The van der Waals surface area contributed by atoms with Crippen LogP contribution in [-0.2, 0) is 23.8 Å². The number of halogens is 3. The number of hydrogen-bond acceptors (Lipinski definition) is 5. The van der Waals surface area contributed by atoms with Crippen molar-refractivity contribution in [3.63, 3.8) is 0 Å². The summed E-state index contributed by atoms with van der Waals surface area (Å²) in [5.41, 5.74) is -6.54. The normalized spacial score (nSPS) is 15.4. The Bertz CT molecular complexity index is 419. The molecule has 0 aromatic carbocycles. The van der Waals surface area contributed by atoms with Crippen LogP contribution in [0.1, 0.15) is 34.6 Å². The SMILES string of the molecule is CC(C)[C@@H](OS(=O)(=O)C(F)(F)F)C(=O)OC(C)(C)C. The minimum Gasteiger partial charge on any atom is -0.458 e. The molecule has 0 unspecified atom stereocenters. The summed E-state index contributed by atoms with van der Waals surface area (Å²) in [6.45, 7) is 7.20. The summed E-state index contributed by atoms with van der Waals surface area (Å²) < 4.78 is 67.1. The summed E-state index contributed by atoms with van der Waals surface area (Å²) in [6, 6.07) is 0. The molecule has 0 aromatic heterocycles. The van der Waals surface area contributed by atoms with Gasteiger partial charge in [0, 0.05) is 0 Å². The van der Waals surface area contributed by atoms with Crippen molar-refractivity contribution >= 4 is 16.1 Å². The number of carbonyl (C=O) groups is 1. The van der Waals surface area contributed by atoms with E-state index in [1.165, 1.54) is 34.6 Å². The standard InChI is InChI=1S/C10H17F3O5S/c1-6(2)7(8(14)17-9(3,4)5)18-19(15,16)10(11,12)13/h6-7H,1-5H3/t7-/m1/s1. The lowest BCUT2D eigenvalue weighted by Gasteiger charge is -2.25. The maximum Gasteiger partial charge on any atom is 0.523 e. The highest BCUT2D eigenvalue weighted by molar-refractivity contribution is 7.87. The van der Waals surface area contributed by atoms with Gasteiger partial charge in [-0.25, -0.2) is 8.98 Å². The van der Waals surface area contributed by atoms with Crippen molar-refractivity contribution in [2.45, 2.75) is 51.8 Å². The van der Waals surface area contributed by atoms with Gasteiger partial charge < -0.3 is 4.74 Å². The third kappa shape index (κ3) is 5.77. The Morgan fingerprint density at radius 3 is 1.79 bits per heavy atom. The molecule has 0 aromatic rings. The number of esters is 1. The van der Waals surface area contributed by atoms with Gasteiger partial charge in [0.25, 0.3) is 0 Å². The van der Waals surface area contributed by atoms with Crippen molar-refractivity contribution in [3.05, 3.63) is 0 Å². The summed E-state index contributed by atoms with van der Waals surface area (Å²) in [4.78, 5) is 11.6. The van der Waals surface area contributed by atoms with E-state index in [1.807, 2.05) is 0 Å². The van der Waals surface area contributed by atoms with Gasteiger partial charge in [0.2, 0.25) is 0 Å². The highest BCUT2D eigenvalue weighted by Gasteiger charge is 2.50. The van der Waals surface area contributed by atoms with Gasteiger partial charge in [0.15, 0.2) is 6.10 Å². The lowest BCUT2D eigenvalue weighted by atomic mass is 10.1. The second-order valence-electron chi connectivity index (χ2n) is 5.19. The smallest absolute Gasteiger partial charge is 0.458 e.